The Hall–Kier alpha value is -3.54. The zero-order valence-electron chi connectivity index (χ0n) is 18.2. The van der Waals surface area contributed by atoms with Gasteiger partial charge in [0.05, 0.1) is 19.1 Å². The van der Waals surface area contributed by atoms with Crippen LogP contribution in [0.4, 0.5) is 5.95 Å². The van der Waals surface area contributed by atoms with Crippen molar-refractivity contribution in [3.63, 3.8) is 0 Å². The number of benzene rings is 1. The molecule has 0 aliphatic heterocycles. The molecule has 1 saturated carbocycles. The van der Waals surface area contributed by atoms with Crippen molar-refractivity contribution in [3.8, 4) is 11.5 Å². The van der Waals surface area contributed by atoms with E-state index in [1.54, 1.807) is 30.3 Å². The maximum Gasteiger partial charge on any atom is 0.240 e. The summed E-state index contributed by atoms with van der Waals surface area (Å²) >= 11 is 1.28. The number of hydrogen-bond donors (Lipinski definition) is 3. The van der Waals surface area contributed by atoms with E-state index < -0.39 is 0 Å². The number of carbonyl (C=O) groups is 1. The Morgan fingerprint density at radius 2 is 2.24 bits per heavy atom. The third-order valence-corrected chi connectivity index (χ3v) is 5.85. The molecule has 1 amide bonds. The highest BCUT2D eigenvalue weighted by atomic mass is 32.2. The van der Waals surface area contributed by atoms with E-state index in [1.165, 1.54) is 24.6 Å². The first-order chi connectivity index (χ1) is 16.2. The Morgan fingerprint density at radius 3 is 3.03 bits per heavy atom. The van der Waals surface area contributed by atoms with Crippen molar-refractivity contribution in [3.05, 3.63) is 42.2 Å². The lowest BCUT2D eigenvalue weighted by atomic mass is 10.2. The smallest absolute Gasteiger partial charge is 0.240 e. The Labute approximate surface area is 195 Å². The van der Waals surface area contributed by atoms with Crippen LogP contribution in [0, 0.1) is 0 Å². The van der Waals surface area contributed by atoms with E-state index in [4.69, 9.17) is 9.47 Å². The van der Waals surface area contributed by atoms with Crippen LogP contribution in [0.5, 0.6) is 11.5 Å². The van der Waals surface area contributed by atoms with Crippen LogP contribution in [-0.4, -0.2) is 56.0 Å². The van der Waals surface area contributed by atoms with Crippen LogP contribution >= 0.6 is 11.8 Å². The van der Waals surface area contributed by atoms with Gasteiger partial charge in [-0.15, -0.1) is 5.10 Å². The highest BCUT2D eigenvalue weighted by molar-refractivity contribution is 7.99. The van der Waals surface area contributed by atoms with Crippen molar-refractivity contribution in [2.24, 2.45) is 5.10 Å². The van der Waals surface area contributed by atoms with Crippen molar-refractivity contribution in [2.75, 3.05) is 18.3 Å². The van der Waals surface area contributed by atoms with Gasteiger partial charge >= 0.3 is 0 Å². The van der Waals surface area contributed by atoms with Gasteiger partial charge in [-0.25, -0.2) is 15.2 Å². The summed E-state index contributed by atoms with van der Waals surface area (Å²) in [6.07, 6.45) is 9.63. The number of hydrogen-bond acceptors (Lipinski definition) is 9. The largest absolute Gasteiger partial charge is 0.493 e. The molecule has 0 saturated heterocycles. The molecule has 3 N–H and O–H groups in total. The number of amides is 1. The summed E-state index contributed by atoms with van der Waals surface area (Å²) in [4.78, 5) is 16.3. The van der Waals surface area contributed by atoms with Crippen molar-refractivity contribution in [1.82, 2.24) is 30.3 Å². The van der Waals surface area contributed by atoms with Gasteiger partial charge in [-0.1, -0.05) is 24.6 Å². The van der Waals surface area contributed by atoms with Crippen LogP contribution < -0.4 is 20.2 Å². The second-order valence-corrected chi connectivity index (χ2v) is 8.35. The van der Waals surface area contributed by atoms with Gasteiger partial charge in [0.2, 0.25) is 17.0 Å². The van der Waals surface area contributed by atoms with E-state index in [2.05, 4.69) is 36.1 Å². The molecule has 1 aliphatic rings. The topological polar surface area (TPSA) is 131 Å². The second-order valence-electron chi connectivity index (χ2n) is 7.40. The molecule has 0 bridgehead atoms. The maximum absolute atomic E-state index is 12.0. The van der Waals surface area contributed by atoms with Crippen LogP contribution in [-0.2, 0) is 11.5 Å². The standard InChI is InChI=1S/C21H26N8O3S/c1-31-17-8-7-15(11-18(17)32-14-29-10-4-9-23-29)12-22-26-20-25-21(28-27-20)33-13-19(30)24-16-5-2-3-6-16/h4,7-12,16H,2-3,5-6,13-14H2,1H3,(H,24,30)(H2,25,26,27,28)/b22-12-. The van der Waals surface area contributed by atoms with Crippen LogP contribution in [0.15, 0.2) is 46.9 Å². The van der Waals surface area contributed by atoms with Crippen LogP contribution in [0.1, 0.15) is 31.2 Å². The SMILES string of the molecule is COc1ccc(/C=N\Nc2nc(SCC(=O)NC3CCCC3)n[nH]2)cc1OCn1cccn1. The third-order valence-electron chi connectivity index (χ3n) is 5.00. The molecule has 1 aliphatic carbocycles. The number of hydrazone groups is 1. The molecule has 2 aromatic heterocycles. The van der Waals surface area contributed by atoms with Crippen LogP contribution in [0.25, 0.3) is 0 Å². The number of rotatable bonds is 11. The maximum atomic E-state index is 12.0. The summed E-state index contributed by atoms with van der Waals surface area (Å²) in [7, 11) is 1.59. The molecule has 0 radical (unpaired) electrons. The third kappa shape index (κ3) is 6.72. The van der Waals surface area contributed by atoms with Crippen molar-refractivity contribution in [1.29, 1.82) is 0 Å². The lowest BCUT2D eigenvalue weighted by molar-refractivity contribution is -0.119. The number of aromatic amines is 1. The Kier molecular flexibility index (Phi) is 7.80. The molecule has 174 valence electrons. The fraction of sp³-hybridized carbons (Fsp3) is 0.381. The van der Waals surface area contributed by atoms with E-state index in [-0.39, 0.29) is 18.4 Å². The molecule has 1 aromatic carbocycles. The molecule has 2 heterocycles. The summed E-state index contributed by atoms with van der Waals surface area (Å²) in [5, 5.41) is 18.7. The summed E-state index contributed by atoms with van der Waals surface area (Å²) in [6, 6.07) is 7.62. The summed E-state index contributed by atoms with van der Waals surface area (Å²) in [5.41, 5.74) is 3.60. The fourth-order valence-corrected chi connectivity index (χ4v) is 4.01. The van der Waals surface area contributed by atoms with Crippen LogP contribution in [0.2, 0.25) is 0 Å². The van der Waals surface area contributed by atoms with E-state index in [0.29, 0.717) is 28.6 Å². The van der Waals surface area contributed by atoms with E-state index in [9.17, 15) is 4.79 Å². The number of ether oxygens (including phenoxy) is 2. The Balaban J connectivity index is 1.26. The number of methoxy groups -OCH3 is 1. The number of carbonyl (C=O) groups excluding carboxylic acids is 1. The summed E-state index contributed by atoms with van der Waals surface area (Å²) < 4.78 is 12.8. The highest BCUT2D eigenvalue weighted by Gasteiger charge is 2.17. The number of nitrogens with zero attached hydrogens (tertiary/aromatic N) is 5. The van der Waals surface area contributed by atoms with Crippen molar-refractivity contribution in [2.45, 2.75) is 43.6 Å². The Morgan fingerprint density at radius 1 is 1.36 bits per heavy atom. The average molecular weight is 471 g/mol. The first kappa shape index (κ1) is 22.6. The molecule has 0 spiro atoms. The highest BCUT2D eigenvalue weighted by Crippen LogP contribution is 2.28. The molecule has 0 unspecified atom stereocenters. The van der Waals surface area contributed by atoms with E-state index in [1.807, 2.05) is 24.4 Å². The van der Waals surface area contributed by atoms with E-state index in [0.717, 1.165) is 18.4 Å². The lowest BCUT2D eigenvalue weighted by Crippen LogP contribution is -2.33. The molecule has 1 fully saturated rings. The van der Waals surface area contributed by atoms with Gasteiger partial charge in [0.25, 0.3) is 0 Å². The zero-order chi connectivity index (χ0) is 22.9. The first-order valence-electron chi connectivity index (χ1n) is 10.6. The van der Waals surface area contributed by atoms with Gasteiger partial charge in [0.1, 0.15) is 0 Å². The number of aromatic nitrogens is 5. The van der Waals surface area contributed by atoms with Gasteiger partial charge in [0.15, 0.2) is 18.2 Å². The minimum Gasteiger partial charge on any atom is -0.493 e. The number of anilines is 1. The summed E-state index contributed by atoms with van der Waals surface area (Å²) in [5.74, 6) is 1.86. The van der Waals surface area contributed by atoms with Gasteiger partial charge in [-0.05, 0) is 42.7 Å². The molecule has 11 nitrogen and oxygen atoms in total. The summed E-state index contributed by atoms with van der Waals surface area (Å²) in [6.45, 7) is 0.263. The average Bonchev–Trinajstić information content (AvgIpc) is 3.60. The van der Waals surface area contributed by atoms with Gasteiger partial charge in [-0.2, -0.15) is 15.2 Å². The number of thioether (sulfide) groups is 1. The first-order valence-corrected chi connectivity index (χ1v) is 11.6. The predicted molar refractivity (Wildman–Crippen MR) is 125 cm³/mol. The molecule has 12 heteroatoms. The monoisotopic (exact) mass is 470 g/mol. The quantitative estimate of drug-likeness (QED) is 0.221. The second kappa shape index (κ2) is 11.4. The van der Waals surface area contributed by atoms with Gasteiger partial charge < -0.3 is 14.8 Å². The predicted octanol–water partition coefficient (Wildman–Crippen LogP) is 2.64. The minimum absolute atomic E-state index is 0.00863. The minimum atomic E-state index is 0.00863. The lowest BCUT2D eigenvalue weighted by Gasteiger charge is -2.11. The molecular weight excluding hydrogens is 444 g/mol. The molecule has 3 aromatic rings. The molecule has 0 atom stereocenters. The normalized spacial score (nSPS) is 14.0. The fourth-order valence-electron chi connectivity index (χ4n) is 3.40. The van der Waals surface area contributed by atoms with Gasteiger partial charge in [-0.3, -0.25) is 4.79 Å². The zero-order valence-corrected chi connectivity index (χ0v) is 19.0. The molecule has 4 rings (SSSR count). The molecule has 33 heavy (non-hydrogen) atoms. The van der Waals surface area contributed by atoms with Crippen molar-refractivity contribution < 1.29 is 14.3 Å². The van der Waals surface area contributed by atoms with Gasteiger partial charge in [0, 0.05) is 18.4 Å². The Bertz CT molecular complexity index is 1060. The van der Waals surface area contributed by atoms with Crippen molar-refractivity contribution >= 4 is 29.8 Å². The number of H-pyrrole nitrogens is 1. The molecular formula is C21H26N8O3S. The van der Waals surface area contributed by atoms with Crippen LogP contribution in [0.3, 0.4) is 0 Å². The van der Waals surface area contributed by atoms with E-state index >= 15 is 0 Å². The number of nitrogens with one attached hydrogen (secondary N) is 3.